The van der Waals surface area contributed by atoms with E-state index in [1.165, 1.54) is 63.0 Å². The van der Waals surface area contributed by atoms with Crippen LogP contribution >= 0.6 is 0 Å². The maximum Gasteiger partial charge on any atom is 0.119 e. The van der Waals surface area contributed by atoms with Crippen LogP contribution in [-0.2, 0) is 12.8 Å². The van der Waals surface area contributed by atoms with Gasteiger partial charge in [0.15, 0.2) is 0 Å². The van der Waals surface area contributed by atoms with Crippen molar-refractivity contribution in [3.63, 3.8) is 0 Å². The number of hydrogen-bond donors (Lipinski definition) is 0. The predicted molar refractivity (Wildman–Crippen MR) is 91.8 cm³/mol. The van der Waals surface area contributed by atoms with Crippen LogP contribution in [0, 0.1) is 0 Å². The van der Waals surface area contributed by atoms with E-state index in [4.69, 9.17) is 4.74 Å². The van der Waals surface area contributed by atoms with Gasteiger partial charge in [-0.2, -0.15) is 0 Å². The summed E-state index contributed by atoms with van der Waals surface area (Å²) < 4.78 is 5.99. The Morgan fingerprint density at radius 1 is 0.955 bits per heavy atom. The van der Waals surface area contributed by atoms with Crippen molar-refractivity contribution in [1.82, 2.24) is 9.80 Å². The lowest BCUT2D eigenvalue weighted by atomic mass is 10.0. The highest BCUT2D eigenvalue weighted by Crippen LogP contribution is 2.21. The second-order valence-electron chi connectivity index (χ2n) is 6.84. The molecule has 3 rings (SSSR count). The Morgan fingerprint density at radius 3 is 2.55 bits per heavy atom. The van der Waals surface area contributed by atoms with Crippen LogP contribution in [0.5, 0.6) is 5.75 Å². The molecule has 0 saturated carbocycles. The zero-order valence-electron chi connectivity index (χ0n) is 14.0. The first-order chi connectivity index (χ1) is 10.8. The molecule has 2 aliphatic rings. The summed E-state index contributed by atoms with van der Waals surface area (Å²) in [5.74, 6) is 1.06. The fraction of sp³-hybridized carbons (Fsp3) is 0.684. The molecule has 0 aliphatic carbocycles. The lowest BCUT2D eigenvalue weighted by Crippen LogP contribution is -2.31. The van der Waals surface area contributed by atoms with Gasteiger partial charge in [0.05, 0.1) is 6.61 Å². The Balaban J connectivity index is 1.45. The van der Waals surface area contributed by atoms with Gasteiger partial charge in [0, 0.05) is 19.6 Å². The van der Waals surface area contributed by atoms with Crippen molar-refractivity contribution in [3.8, 4) is 5.75 Å². The number of benzene rings is 1. The zero-order chi connectivity index (χ0) is 15.2. The van der Waals surface area contributed by atoms with Gasteiger partial charge >= 0.3 is 0 Å². The number of fused-ring (bicyclic) bond motifs is 1. The van der Waals surface area contributed by atoms with E-state index in [9.17, 15) is 0 Å². The average molecular weight is 302 g/mol. The molecular formula is C19H30N2O. The van der Waals surface area contributed by atoms with Crippen LogP contribution in [-0.4, -0.2) is 56.2 Å². The minimum atomic E-state index is 0.842. The van der Waals surface area contributed by atoms with Gasteiger partial charge in [-0.3, -0.25) is 0 Å². The number of nitrogens with zero attached hydrogens (tertiary/aromatic N) is 2. The number of ether oxygens (including phenoxy) is 1. The molecule has 2 heterocycles. The van der Waals surface area contributed by atoms with Crippen LogP contribution in [0.4, 0.5) is 0 Å². The Kier molecular flexibility index (Phi) is 5.74. The molecule has 1 aromatic carbocycles. The summed E-state index contributed by atoms with van der Waals surface area (Å²) >= 11 is 0. The molecule has 3 nitrogen and oxygen atoms in total. The molecule has 0 aromatic heterocycles. The minimum Gasteiger partial charge on any atom is -0.494 e. The first-order valence-electron chi connectivity index (χ1n) is 8.97. The summed E-state index contributed by atoms with van der Waals surface area (Å²) in [5.41, 5.74) is 2.99. The molecule has 0 unspecified atom stereocenters. The molecule has 0 spiro atoms. The largest absolute Gasteiger partial charge is 0.494 e. The second kappa shape index (κ2) is 7.98. The van der Waals surface area contributed by atoms with E-state index >= 15 is 0 Å². The third-order valence-electron chi connectivity index (χ3n) is 5.04. The zero-order valence-corrected chi connectivity index (χ0v) is 14.0. The van der Waals surface area contributed by atoms with E-state index in [1.54, 1.807) is 0 Å². The quantitative estimate of drug-likeness (QED) is 0.778. The summed E-state index contributed by atoms with van der Waals surface area (Å²) in [7, 11) is 2.21. The molecule has 0 atom stereocenters. The van der Waals surface area contributed by atoms with Crippen LogP contribution in [0.15, 0.2) is 18.2 Å². The number of piperidine rings is 1. The highest BCUT2D eigenvalue weighted by atomic mass is 16.5. The van der Waals surface area contributed by atoms with Crippen molar-refractivity contribution in [3.05, 3.63) is 29.3 Å². The molecule has 122 valence electrons. The maximum atomic E-state index is 5.99. The smallest absolute Gasteiger partial charge is 0.119 e. The van der Waals surface area contributed by atoms with Crippen molar-refractivity contribution in [2.24, 2.45) is 0 Å². The third kappa shape index (κ3) is 4.47. The van der Waals surface area contributed by atoms with E-state index in [2.05, 4.69) is 35.0 Å². The Hall–Kier alpha value is -1.06. The lowest BCUT2D eigenvalue weighted by molar-refractivity contribution is 0.205. The van der Waals surface area contributed by atoms with E-state index in [0.29, 0.717) is 0 Å². The summed E-state index contributed by atoms with van der Waals surface area (Å²) in [5, 5.41) is 0. The van der Waals surface area contributed by atoms with Gasteiger partial charge in [-0.1, -0.05) is 12.5 Å². The van der Waals surface area contributed by atoms with Gasteiger partial charge in [-0.25, -0.2) is 0 Å². The van der Waals surface area contributed by atoms with Crippen LogP contribution < -0.4 is 4.74 Å². The van der Waals surface area contributed by atoms with Gasteiger partial charge in [0.1, 0.15) is 5.75 Å². The van der Waals surface area contributed by atoms with Gasteiger partial charge < -0.3 is 14.5 Å². The van der Waals surface area contributed by atoms with Crippen molar-refractivity contribution < 1.29 is 4.74 Å². The van der Waals surface area contributed by atoms with Crippen molar-refractivity contribution in [1.29, 1.82) is 0 Å². The molecule has 1 aromatic rings. The van der Waals surface area contributed by atoms with E-state index < -0.39 is 0 Å². The fourth-order valence-electron chi connectivity index (χ4n) is 3.56. The Morgan fingerprint density at radius 2 is 1.73 bits per heavy atom. The molecular weight excluding hydrogens is 272 g/mol. The van der Waals surface area contributed by atoms with E-state index in [0.717, 1.165) is 31.7 Å². The molecule has 0 bridgehead atoms. The third-order valence-corrected chi connectivity index (χ3v) is 5.04. The number of hydrogen-bond acceptors (Lipinski definition) is 3. The first-order valence-corrected chi connectivity index (χ1v) is 8.97. The van der Waals surface area contributed by atoms with Crippen molar-refractivity contribution >= 4 is 0 Å². The molecule has 22 heavy (non-hydrogen) atoms. The maximum absolute atomic E-state index is 5.99. The summed E-state index contributed by atoms with van der Waals surface area (Å²) in [4.78, 5) is 5.00. The first kappa shape index (κ1) is 15.8. The average Bonchev–Trinajstić information content (AvgIpc) is 2.74. The standard InChI is InChI=1S/C19H30N2O/c1-20-13-8-17-6-7-19(16-18(17)9-14-20)22-15-5-12-21-10-3-2-4-11-21/h6-7,16H,2-5,8-15H2,1H3. The molecule has 0 N–H and O–H groups in total. The van der Waals surface area contributed by atoms with Crippen LogP contribution in [0.3, 0.4) is 0 Å². The topological polar surface area (TPSA) is 15.7 Å². The molecule has 2 aliphatic heterocycles. The van der Waals surface area contributed by atoms with Crippen LogP contribution in [0.25, 0.3) is 0 Å². The van der Waals surface area contributed by atoms with Crippen molar-refractivity contribution in [2.75, 3.05) is 46.4 Å². The second-order valence-corrected chi connectivity index (χ2v) is 6.84. The number of likely N-dealkylation sites (tertiary alicyclic amines) is 1. The van der Waals surface area contributed by atoms with E-state index in [-0.39, 0.29) is 0 Å². The predicted octanol–water partition coefficient (Wildman–Crippen LogP) is 2.97. The fourth-order valence-corrected chi connectivity index (χ4v) is 3.56. The van der Waals surface area contributed by atoms with Crippen LogP contribution in [0.2, 0.25) is 0 Å². The highest BCUT2D eigenvalue weighted by molar-refractivity contribution is 5.36. The molecule has 0 amide bonds. The summed E-state index contributed by atoms with van der Waals surface area (Å²) in [6, 6.07) is 6.70. The summed E-state index contributed by atoms with van der Waals surface area (Å²) in [6.45, 7) is 6.93. The highest BCUT2D eigenvalue weighted by Gasteiger charge is 2.12. The van der Waals surface area contributed by atoms with Gasteiger partial charge in [0.25, 0.3) is 0 Å². The van der Waals surface area contributed by atoms with Gasteiger partial charge in [-0.05, 0) is 75.5 Å². The van der Waals surface area contributed by atoms with Gasteiger partial charge in [-0.15, -0.1) is 0 Å². The monoisotopic (exact) mass is 302 g/mol. The molecule has 0 radical (unpaired) electrons. The lowest BCUT2D eigenvalue weighted by Gasteiger charge is -2.26. The van der Waals surface area contributed by atoms with E-state index in [1.807, 2.05) is 0 Å². The Bertz CT molecular complexity index is 469. The number of likely N-dealkylation sites (N-methyl/N-ethyl adjacent to an activating group) is 1. The van der Waals surface area contributed by atoms with Gasteiger partial charge in [0.2, 0.25) is 0 Å². The SMILES string of the molecule is CN1CCc2ccc(OCCCN3CCCCC3)cc2CC1. The van der Waals surface area contributed by atoms with Crippen molar-refractivity contribution in [2.45, 2.75) is 38.5 Å². The Labute approximate surface area is 135 Å². The molecule has 1 fully saturated rings. The molecule has 3 heteroatoms. The minimum absolute atomic E-state index is 0.842. The van der Waals surface area contributed by atoms with Crippen LogP contribution in [0.1, 0.15) is 36.8 Å². The molecule has 1 saturated heterocycles. The number of rotatable bonds is 5. The summed E-state index contributed by atoms with van der Waals surface area (Å²) in [6.07, 6.45) is 7.62. The normalized spacial score (nSPS) is 20.4.